The first-order valence-electron chi connectivity index (χ1n) is 8.59. The second-order valence-corrected chi connectivity index (χ2v) is 6.59. The van der Waals surface area contributed by atoms with Crippen LogP contribution in [0.2, 0.25) is 5.02 Å². The molecule has 0 bridgehead atoms. The molecule has 4 rings (SSSR count). The minimum Gasteiger partial charge on any atom is -0.444 e. The number of hydrogen-bond acceptors (Lipinski definition) is 3. The van der Waals surface area contributed by atoms with E-state index in [0.29, 0.717) is 22.9 Å². The first-order valence-corrected chi connectivity index (χ1v) is 8.96. The van der Waals surface area contributed by atoms with Crippen LogP contribution in [0.25, 0.3) is 22.7 Å². The van der Waals surface area contributed by atoms with Crippen molar-refractivity contribution >= 4 is 17.4 Å². The zero-order valence-electron chi connectivity index (χ0n) is 14.4. The Balaban J connectivity index is 1.50. The lowest BCUT2D eigenvalue weighted by Gasteiger charge is -2.04. The number of Topliss-reactive ketones (excluding diaryl/α,β-unsaturated/α-hetero) is 1. The molecule has 0 aliphatic rings. The van der Waals surface area contributed by atoms with Crippen LogP contribution in [0.15, 0.2) is 89.5 Å². The smallest absolute Gasteiger partial charge is 0.226 e. The third-order valence-corrected chi connectivity index (χ3v) is 4.64. The number of aromatic nitrogens is 1. The molecular weight excluding hydrogens is 358 g/mol. The van der Waals surface area contributed by atoms with Crippen molar-refractivity contribution in [2.75, 3.05) is 0 Å². The number of carbonyl (C=O) groups is 1. The standard InChI is InChI=1S/C23H16ClNO2/c24-20-9-5-4-8-19(20)22(26)14-16-10-12-17(13-11-16)21-15-27-23(25-21)18-6-2-1-3-7-18/h1-13,15H,14H2. The van der Waals surface area contributed by atoms with Gasteiger partial charge >= 0.3 is 0 Å². The van der Waals surface area contributed by atoms with Crippen LogP contribution in [-0.2, 0) is 6.42 Å². The first kappa shape index (κ1) is 17.3. The zero-order chi connectivity index (χ0) is 18.6. The summed E-state index contributed by atoms with van der Waals surface area (Å²) in [6, 6.07) is 24.6. The van der Waals surface area contributed by atoms with Gasteiger partial charge in [-0.3, -0.25) is 4.79 Å². The maximum absolute atomic E-state index is 12.4. The molecule has 0 saturated heterocycles. The molecule has 0 amide bonds. The molecule has 0 aliphatic carbocycles. The van der Waals surface area contributed by atoms with Gasteiger partial charge in [-0.05, 0) is 29.8 Å². The molecule has 1 aromatic heterocycles. The molecule has 4 heteroatoms. The molecule has 132 valence electrons. The molecule has 0 radical (unpaired) electrons. The van der Waals surface area contributed by atoms with E-state index in [1.807, 2.05) is 66.7 Å². The van der Waals surface area contributed by atoms with Crippen LogP contribution in [0, 0.1) is 0 Å². The predicted molar refractivity (Wildman–Crippen MR) is 107 cm³/mol. The average molecular weight is 374 g/mol. The fraction of sp³-hybridized carbons (Fsp3) is 0.0435. The lowest BCUT2D eigenvalue weighted by Crippen LogP contribution is -2.04. The summed E-state index contributed by atoms with van der Waals surface area (Å²) in [4.78, 5) is 17.0. The number of hydrogen-bond donors (Lipinski definition) is 0. The van der Waals surface area contributed by atoms with Crippen molar-refractivity contribution in [3.8, 4) is 22.7 Å². The molecule has 27 heavy (non-hydrogen) atoms. The van der Waals surface area contributed by atoms with Crippen LogP contribution in [-0.4, -0.2) is 10.8 Å². The van der Waals surface area contributed by atoms with E-state index in [9.17, 15) is 4.79 Å². The summed E-state index contributed by atoms with van der Waals surface area (Å²) in [5.74, 6) is 0.588. The van der Waals surface area contributed by atoms with Crippen LogP contribution >= 0.6 is 11.6 Å². The number of carbonyl (C=O) groups excluding carboxylic acids is 1. The highest BCUT2D eigenvalue weighted by Gasteiger charge is 2.12. The Morgan fingerprint density at radius 1 is 0.852 bits per heavy atom. The van der Waals surface area contributed by atoms with Crippen molar-refractivity contribution in [1.29, 1.82) is 0 Å². The van der Waals surface area contributed by atoms with Gasteiger partial charge in [0.15, 0.2) is 5.78 Å². The summed E-state index contributed by atoms with van der Waals surface area (Å²) >= 11 is 6.10. The summed E-state index contributed by atoms with van der Waals surface area (Å²) < 4.78 is 5.59. The molecule has 3 aromatic carbocycles. The lowest BCUT2D eigenvalue weighted by molar-refractivity contribution is 0.0993. The third-order valence-electron chi connectivity index (χ3n) is 4.31. The van der Waals surface area contributed by atoms with E-state index in [2.05, 4.69) is 4.98 Å². The van der Waals surface area contributed by atoms with Crippen molar-refractivity contribution in [2.45, 2.75) is 6.42 Å². The van der Waals surface area contributed by atoms with Crippen molar-refractivity contribution in [1.82, 2.24) is 4.98 Å². The number of ketones is 1. The highest BCUT2D eigenvalue weighted by molar-refractivity contribution is 6.34. The maximum atomic E-state index is 12.4. The highest BCUT2D eigenvalue weighted by Crippen LogP contribution is 2.25. The van der Waals surface area contributed by atoms with E-state index in [1.165, 1.54) is 0 Å². The Bertz CT molecular complexity index is 1070. The fourth-order valence-electron chi connectivity index (χ4n) is 2.88. The van der Waals surface area contributed by atoms with Crippen molar-refractivity contribution < 1.29 is 9.21 Å². The van der Waals surface area contributed by atoms with Crippen molar-refractivity contribution in [3.63, 3.8) is 0 Å². The van der Waals surface area contributed by atoms with Crippen molar-refractivity contribution in [3.05, 3.63) is 101 Å². The number of nitrogens with zero attached hydrogens (tertiary/aromatic N) is 1. The minimum absolute atomic E-state index is 0.00106. The monoisotopic (exact) mass is 373 g/mol. The Kier molecular flexibility index (Phi) is 4.86. The van der Waals surface area contributed by atoms with Gasteiger partial charge in [-0.1, -0.05) is 66.2 Å². The van der Waals surface area contributed by atoms with Gasteiger partial charge in [0.2, 0.25) is 5.89 Å². The molecule has 0 fully saturated rings. The highest BCUT2D eigenvalue weighted by atomic mass is 35.5. The molecule has 3 nitrogen and oxygen atoms in total. The fourth-order valence-corrected chi connectivity index (χ4v) is 3.12. The van der Waals surface area contributed by atoms with Gasteiger partial charge in [0.1, 0.15) is 12.0 Å². The van der Waals surface area contributed by atoms with Gasteiger partial charge in [0.25, 0.3) is 0 Å². The van der Waals surface area contributed by atoms with Gasteiger partial charge in [0, 0.05) is 23.1 Å². The average Bonchev–Trinajstić information content (AvgIpc) is 3.20. The van der Waals surface area contributed by atoms with Crippen LogP contribution < -0.4 is 0 Å². The van der Waals surface area contributed by atoms with Crippen LogP contribution in [0.4, 0.5) is 0 Å². The zero-order valence-corrected chi connectivity index (χ0v) is 15.2. The van der Waals surface area contributed by atoms with Crippen LogP contribution in [0.1, 0.15) is 15.9 Å². The van der Waals surface area contributed by atoms with Gasteiger partial charge in [0.05, 0.1) is 5.02 Å². The third kappa shape index (κ3) is 3.83. The van der Waals surface area contributed by atoms with Gasteiger partial charge < -0.3 is 4.42 Å². The van der Waals surface area contributed by atoms with E-state index in [4.69, 9.17) is 16.0 Å². The SMILES string of the molecule is O=C(Cc1ccc(-c2coc(-c3ccccc3)n2)cc1)c1ccccc1Cl. The molecule has 0 unspecified atom stereocenters. The summed E-state index contributed by atoms with van der Waals surface area (Å²) in [7, 11) is 0. The normalized spacial score (nSPS) is 10.7. The quantitative estimate of drug-likeness (QED) is 0.398. The van der Waals surface area contributed by atoms with E-state index < -0.39 is 0 Å². The minimum atomic E-state index is 0.00106. The molecule has 0 saturated carbocycles. The molecule has 4 aromatic rings. The summed E-state index contributed by atoms with van der Waals surface area (Å²) in [5, 5.41) is 0.482. The Labute approximate surface area is 162 Å². The second-order valence-electron chi connectivity index (χ2n) is 6.18. The molecular formula is C23H16ClNO2. The molecule has 0 aliphatic heterocycles. The molecule has 0 atom stereocenters. The largest absolute Gasteiger partial charge is 0.444 e. The lowest BCUT2D eigenvalue weighted by atomic mass is 10.0. The van der Waals surface area contributed by atoms with Gasteiger partial charge in [-0.2, -0.15) is 0 Å². The van der Waals surface area contributed by atoms with Crippen LogP contribution in [0.3, 0.4) is 0 Å². The second kappa shape index (κ2) is 7.60. The summed E-state index contributed by atoms with van der Waals surface area (Å²) in [6.07, 6.45) is 1.95. The van der Waals surface area contributed by atoms with E-state index >= 15 is 0 Å². The molecule has 0 N–H and O–H groups in total. The number of rotatable bonds is 5. The Morgan fingerprint density at radius 3 is 2.30 bits per heavy atom. The van der Waals surface area contributed by atoms with E-state index in [-0.39, 0.29) is 5.78 Å². The van der Waals surface area contributed by atoms with E-state index in [0.717, 1.165) is 22.4 Å². The molecule has 1 heterocycles. The summed E-state index contributed by atoms with van der Waals surface area (Å²) in [6.45, 7) is 0. The topological polar surface area (TPSA) is 43.1 Å². The number of oxazole rings is 1. The molecule has 0 spiro atoms. The predicted octanol–water partition coefficient (Wildman–Crippen LogP) is 6.09. The first-order chi connectivity index (χ1) is 13.2. The van der Waals surface area contributed by atoms with Crippen molar-refractivity contribution in [2.24, 2.45) is 0 Å². The van der Waals surface area contributed by atoms with E-state index in [1.54, 1.807) is 18.4 Å². The van der Waals surface area contributed by atoms with Crippen LogP contribution in [0.5, 0.6) is 0 Å². The summed E-state index contributed by atoms with van der Waals surface area (Å²) in [5.41, 5.74) is 4.11. The Morgan fingerprint density at radius 2 is 1.56 bits per heavy atom. The van der Waals surface area contributed by atoms with Gasteiger partial charge in [-0.25, -0.2) is 4.98 Å². The number of benzene rings is 3. The number of halogens is 1. The van der Waals surface area contributed by atoms with Gasteiger partial charge in [-0.15, -0.1) is 0 Å². The maximum Gasteiger partial charge on any atom is 0.226 e. The Hall–Kier alpha value is -3.17.